The van der Waals surface area contributed by atoms with E-state index in [2.05, 4.69) is 22.2 Å². The molecular weight excluding hydrogens is 714 g/mol. The van der Waals surface area contributed by atoms with E-state index in [9.17, 15) is 24.6 Å². The molecule has 3 heterocycles. The zero-order valence-corrected chi connectivity index (χ0v) is 33.1. The molecule has 3 fully saturated rings. The lowest BCUT2D eigenvalue weighted by Crippen LogP contribution is -2.68. The molecule has 0 radical (unpaired) electrons. The van der Waals surface area contributed by atoms with Crippen LogP contribution in [0.15, 0.2) is 53.6 Å². The Bertz CT molecular complexity index is 1410. The number of aliphatic carboxylic acids is 1. The van der Waals surface area contributed by atoms with E-state index in [1.807, 2.05) is 39.8 Å². The van der Waals surface area contributed by atoms with Crippen LogP contribution in [0.25, 0.3) is 0 Å². The molecular formula is C39H63N5O11. The van der Waals surface area contributed by atoms with Crippen molar-refractivity contribution in [2.24, 2.45) is 27.8 Å². The Morgan fingerprint density at radius 3 is 2.45 bits per heavy atom. The van der Waals surface area contributed by atoms with Gasteiger partial charge in [0.2, 0.25) is 11.8 Å². The molecule has 310 valence electrons. The van der Waals surface area contributed by atoms with E-state index in [0.29, 0.717) is 38.5 Å². The van der Waals surface area contributed by atoms with Gasteiger partial charge >= 0.3 is 5.97 Å². The molecule has 2 amide bonds. The van der Waals surface area contributed by atoms with Crippen LogP contribution in [0, 0.1) is 11.3 Å². The van der Waals surface area contributed by atoms with Crippen molar-refractivity contribution in [1.29, 1.82) is 0 Å². The van der Waals surface area contributed by atoms with Gasteiger partial charge in [-0.05, 0) is 39.0 Å². The normalized spacial score (nSPS) is 30.5. The van der Waals surface area contributed by atoms with Gasteiger partial charge in [-0.25, -0.2) is 4.79 Å². The lowest BCUT2D eigenvalue weighted by atomic mass is 9.72. The first-order valence-corrected chi connectivity index (χ1v) is 18.9. The maximum atomic E-state index is 13.4. The molecule has 3 saturated heterocycles. The molecule has 16 nitrogen and oxygen atoms in total. The molecule has 0 spiro atoms. The first-order chi connectivity index (χ1) is 26.0. The molecule has 0 aromatic rings. The number of amides is 2. The van der Waals surface area contributed by atoms with Gasteiger partial charge in [0.25, 0.3) is 0 Å². The van der Waals surface area contributed by atoms with Crippen molar-refractivity contribution in [3.8, 4) is 0 Å². The van der Waals surface area contributed by atoms with Gasteiger partial charge in [0.15, 0.2) is 18.0 Å². The molecule has 10 atom stereocenters. The fraction of sp³-hybridized carbons (Fsp3) is 0.692. The molecule has 0 bridgehead atoms. The third-order valence-corrected chi connectivity index (χ3v) is 10.6. The monoisotopic (exact) mass is 777 g/mol. The van der Waals surface area contributed by atoms with E-state index in [-0.39, 0.29) is 50.1 Å². The lowest BCUT2D eigenvalue weighted by Gasteiger charge is -2.54. The van der Waals surface area contributed by atoms with Crippen LogP contribution in [0.2, 0.25) is 0 Å². The summed E-state index contributed by atoms with van der Waals surface area (Å²) in [4.78, 5) is 40.8. The highest BCUT2D eigenvalue weighted by Crippen LogP contribution is 2.44. The Kier molecular flexibility index (Phi) is 18.0. The van der Waals surface area contributed by atoms with Gasteiger partial charge in [-0.1, -0.05) is 63.3 Å². The number of unbranched alkanes of at least 4 members (excludes halogenated alkanes) is 1. The van der Waals surface area contributed by atoms with Crippen molar-refractivity contribution in [1.82, 2.24) is 10.6 Å². The van der Waals surface area contributed by atoms with Gasteiger partial charge in [-0.2, -0.15) is 0 Å². The maximum absolute atomic E-state index is 13.4. The zero-order valence-electron chi connectivity index (χ0n) is 33.1. The Labute approximate surface area is 324 Å². The minimum atomic E-state index is -1.14. The molecule has 0 aromatic carbocycles. The molecule has 0 unspecified atom stereocenters. The number of nitrogens with zero attached hydrogens (tertiary/aromatic N) is 1. The molecule has 16 heteroatoms. The van der Waals surface area contributed by atoms with Crippen LogP contribution in [0.1, 0.15) is 79.1 Å². The van der Waals surface area contributed by atoms with Crippen LogP contribution < -0.4 is 22.1 Å². The van der Waals surface area contributed by atoms with E-state index in [1.54, 1.807) is 19.3 Å². The predicted octanol–water partition coefficient (Wildman–Crippen LogP) is 2.56. The number of aliphatic imine (C=N–C) groups is 1. The van der Waals surface area contributed by atoms with Crippen molar-refractivity contribution >= 4 is 23.7 Å². The van der Waals surface area contributed by atoms with E-state index in [1.165, 1.54) is 19.3 Å². The topological polar surface area (TPSA) is 236 Å². The van der Waals surface area contributed by atoms with Gasteiger partial charge in [0.05, 0.1) is 30.8 Å². The molecule has 55 heavy (non-hydrogen) atoms. The third kappa shape index (κ3) is 13.5. The number of carbonyl (C=O) groups is 3. The van der Waals surface area contributed by atoms with Gasteiger partial charge < -0.3 is 60.7 Å². The van der Waals surface area contributed by atoms with Crippen molar-refractivity contribution in [2.75, 3.05) is 27.6 Å². The SMILES string of the molecule is C=C1C[C@@](CC(=O)N[C@H]2OCO[C@H]3[C@@H]2O[C@H](C[C@H](O)CCC/C=C/C=C/C=C/C(=O)N[C@@H](CCCN=C(N)N)C(=O)O)C(C)(C)[C@@H]3OC)(OC)O[C@H](C)[C@@H]1C. The van der Waals surface area contributed by atoms with Crippen molar-refractivity contribution in [3.63, 3.8) is 0 Å². The average molecular weight is 778 g/mol. The quantitative estimate of drug-likeness (QED) is 0.0261. The predicted molar refractivity (Wildman–Crippen MR) is 205 cm³/mol. The highest BCUT2D eigenvalue weighted by molar-refractivity contribution is 5.91. The summed E-state index contributed by atoms with van der Waals surface area (Å²) < 4.78 is 36.3. The third-order valence-electron chi connectivity index (χ3n) is 10.6. The summed E-state index contributed by atoms with van der Waals surface area (Å²) in [5.74, 6) is -3.07. The second-order valence-electron chi connectivity index (χ2n) is 15.1. The second kappa shape index (κ2) is 21.6. The van der Waals surface area contributed by atoms with Gasteiger partial charge in [-0.3, -0.25) is 14.6 Å². The van der Waals surface area contributed by atoms with Gasteiger partial charge in [-0.15, -0.1) is 0 Å². The molecule has 0 saturated carbocycles. The number of fused-ring (bicyclic) bond motifs is 1. The van der Waals surface area contributed by atoms with Crippen molar-refractivity contribution in [2.45, 2.75) is 134 Å². The largest absolute Gasteiger partial charge is 0.480 e. The highest BCUT2D eigenvalue weighted by Gasteiger charge is 2.56. The Hall–Kier alpha value is -3.64. The summed E-state index contributed by atoms with van der Waals surface area (Å²) >= 11 is 0. The number of carbonyl (C=O) groups excluding carboxylic acids is 2. The van der Waals surface area contributed by atoms with Crippen molar-refractivity contribution < 1.29 is 53.0 Å². The number of guanidine groups is 1. The average Bonchev–Trinajstić information content (AvgIpc) is 3.11. The van der Waals surface area contributed by atoms with Crippen LogP contribution in [0.5, 0.6) is 0 Å². The Morgan fingerprint density at radius 1 is 1.07 bits per heavy atom. The minimum Gasteiger partial charge on any atom is -0.480 e. The first kappa shape index (κ1) is 45.7. The number of methoxy groups -OCH3 is 2. The minimum absolute atomic E-state index is 0.0544. The van der Waals surface area contributed by atoms with E-state index in [4.69, 9.17) is 39.9 Å². The number of nitrogens with two attached hydrogens (primary N) is 2. The standard InChI is InChI=1S/C39H63N5O11/c1-24-21-39(51-7,55-26(3)25(24)2)22-31(47)44-35-33-32(52-23-53-35)34(50-6)38(4,5)29(54-33)20-27(45)16-13-11-9-8-10-12-14-18-30(46)43-28(36(48)49)17-15-19-42-37(40)41/h8-10,12,14,18,25-29,32-35,45H,1,11,13,15-17,19-23H2,2-7H3,(H,43,46)(H,44,47)(H,48,49)(H4,40,41,42)/b9-8+,12-10+,18-14+/t25-,26-,27-,28+,29-,32+,33+,34-,35+,39-/m1/s1. The Balaban J connectivity index is 1.48. The number of aliphatic hydroxyl groups excluding tert-OH is 1. The smallest absolute Gasteiger partial charge is 0.326 e. The summed E-state index contributed by atoms with van der Waals surface area (Å²) in [6, 6.07) is -1.05. The number of allylic oxidation sites excluding steroid dienone is 5. The van der Waals surface area contributed by atoms with Crippen LogP contribution in [0.4, 0.5) is 0 Å². The fourth-order valence-electron chi connectivity index (χ4n) is 7.19. The fourth-order valence-corrected chi connectivity index (χ4v) is 7.19. The number of hydrogen-bond acceptors (Lipinski definition) is 11. The second-order valence-corrected chi connectivity index (χ2v) is 15.1. The van der Waals surface area contributed by atoms with Crippen LogP contribution in [-0.4, -0.2) is 116 Å². The Morgan fingerprint density at radius 2 is 1.80 bits per heavy atom. The van der Waals surface area contributed by atoms with E-state index in [0.717, 1.165) is 5.57 Å². The van der Waals surface area contributed by atoms with Crippen LogP contribution in [-0.2, 0) is 42.8 Å². The lowest BCUT2D eigenvalue weighted by molar-refractivity contribution is -0.331. The number of nitrogens with one attached hydrogen (secondary N) is 2. The van der Waals surface area contributed by atoms with Crippen LogP contribution in [0.3, 0.4) is 0 Å². The van der Waals surface area contributed by atoms with E-state index < -0.39 is 65.9 Å². The van der Waals surface area contributed by atoms with Crippen LogP contribution >= 0.6 is 0 Å². The van der Waals surface area contributed by atoms with Gasteiger partial charge in [0, 0.05) is 51.0 Å². The molecule has 3 rings (SSSR count). The number of carboxylic acids is 1. The molecule has 0 aliphatic carbocycles. The number of ether oxygens (including phenoxy) is 6. The summed E-state index contributed by atoms with van der Waals surface area (Å²) in [7, 11) is 3.14. The van der Waals surface area contributed by atoms with Gasteiger partial charge in [0.1, 0.15) is 25.0 Å². The molecule has 8 N–H and O–H groups in total. The zero-order chi connectivity index (χ0) is 40.8. The summed E-state index contributed by atoms with van der Waals surface area (Å²) in [5, 5.41) is 25.8. The van der Waals surface area contributed by atoms with E-state index >= 15 is 0 Å². The highest BCUT2D eigenvalue weighted by atomic mass is 16.7. The summed E-state index contributed by atoms with van der Waals surface area (Å²) in [6.45, 7) is 12.4. The van der Waals surface area contributed by atoms with Crippen molar-refractivity contribution in [3.05, 3.63) is 48.6 Å². The number of hydrogen-bond donors (Lipinski definition) is 6. The maximum Gasteiger partial charge on any atom is 0.326 e. The number of carboxylic acid groups (broad SMARTS) is 1. The molecule has 3 aliphatic rings. The number of rotatable bonds is 20. The molecule has 3 aliphatic heterocycles. The number of aliphatic hydroxyl groups is 1. The summed E-state index contributed by atoms with van der Waals surface area (Å²) in [6.07, 6.45) is 9.48. The molecule has 0 aromatic heterocycles. The first-order valence-electron chi connectivity index (χ1n) is 18.9. The summed E-state index contributed by atoms with van der Waals surface area (Å²) in [5.41, 5.74) is 11.0.